The first-order valence-electron chi connectivity index (χ1n) is 5.71. The number of rotatable bonds is 1. The molecule has 19 heavy (non-hydrogen) atoms. The highest BCUT2D eigenvalue weighted by molar-refractivity contribution is 5.62. The molecule has 5 heteroatoms. The second kappa shape index (κ2) is 4.18. The fourth-order valence-electron chi connectivity index (χ4n) is 1.89. The second-order valence-electron chi connectivity index (χ2n) is 4.18. The third-order valence-corrected chi connectivity index (χ3v) is 2.90. The minimum Gasteiger partial charge on any atom is -0.216 e. The molecule has 3 aromatic rings. The van der Waals surface area contributed by atoms with E-state index in [4.69, 9.17) is 5.26 Å². The standard InChI is InChI=1S/C14H9FN4/c1-9-2-3-11(8-16)14-17-13(18-19(9)14)10-4-6-12(15)7-5-10/h2-7H,1H3. The fraction of sp³-hybridized carbons (Fsp3) is 0.0714. The Balaban J connectivity index is 2.24. The van der Waals surface area contributed by atoms with Crippen LogP contribution in [0.3, 0.4) is 0 Å². The second-order valence-corrected chi connectivity index (χ2v) is 4.18. The zero-order valence-corrected chi connectivity index (χ0v) is 10.1. The van der Waals surface area contributed by atoms with E-state index in [1.165, 1.54) is 12.1 Å². The van der Waals surface area contributed by atoms with Gasteiger partial charge in [-0.05, 0) is 43.3 Å². The van der Waals surface area contributed by atoms with Crippen LogP contribution in [0.25, 0.3) is 17.0 Å². The lowest BCUT2D eigenvalue weighted by molar-refractivity contribution is 0.628. The number of aromatic nitrogens is 3. The van der Waals surface area contributed by atoms with E-state index in [2.05, 4.69) is 16.2 Å². The average Bonchev–Trinajstić information content (AvgIpc) is 2.86. The van der Waals surface area contributed by atoms with Gasteiger partial charge in [-0.1, -0.05) is 0 Å². The summed E-state index contributed by atoms with van der Waals surface area (Å²) in [5, 5.41) is 13.4. The molecule has 0 unspecified atom stereocenters. The van der Waals surface area contributed by atoms with Gasteiger partial charge in [-0.2, -0.15) is 5.26 Å². The quantitative estimate of drug-likeness (QED) is 0.669. The Labute approximate surface area is 108 Å². The lowest BCUT2D eigenvalue weighted by Crippen LogP contribution is -1.95. The summed E-state index contributed by atoms with van der Waals surface area (Å²) in [5.41, 5.74) is 2.58. The fourth-order valence-corrected chi connectivity index (χ4v) is 1.89. The van der Waals surface area contributed by atoms with Crippen molar-refractivity contribution in [1.82, 2.24) is 14.6 Å². The molecule has 0 atom stereocenters. The van der Waals surface area contributed by atoms with E-state index in [0.29, 0.717) is 22.6 Å². The van der Waals surface area contributed by atoms with Crippen molar-refractivity contribution >= 4 is 5.65 Å². The van der Waals surface area contributed by atoms with Gasteiger partial charge in [0.1, 0.15) is 11.9 Å². The predicted molar refractivity (Wildman–Crippen MR) is 67.8 cm³/mol. The van der Waals surface area contributed by atoms with Gasteiger partial charge in [0.05, 0.1) is 5.56 Å². The monoisotopic (exact) mass is 252 g/mol. The van der Waals surface area contributed by atoms with Crippen LogP contribution in [0.5, 0.6) is 0 Å². The van der Waals surface area contributed by atoms with Gasteiger partial charge >= 0.3 is 0 Å². The number of fused-ring (bicyclic) bond motifs is 1. The molecular weight excluding hydrogens is 243 g/mol. The van der Waals surface area contributed by atoms with E-state index in [1.807, 2.05) is 13.0 Å². The van der Waals surface area contributed by atoms with Gasteiger partial charge in [0.25, 0.3) is 0 Å². The molecule has 0 amide bonds. The zero-order chi connectivity index (χ0) is 13.4. The van der Waals surface area contributed by atoms with Gasteiger partial charge in [-0.25, -0.2) is 13.9 Å². The van der Waals surface area contributed by atoms with Crippen molar-refractivity contribution in [2.24, 2.45) is 0 Å². The smallest absolute Gasteiger partial charge is 0.182 e. The molecule has 1 aromatic carbocycles. The molecule has 0 spiro atoms. The molecular formula is C14H9FN4. The molecule has 0 bridgehead atoms. The number of benzene rings is 1. The van der Waals surface area contributed by atoms with Crippen LogP contribution >= 0.6 is 0 Å². The molecule has 2 heterocycles. The summed E-state index contributed by atoms with van der Waals surface area (Å²) in [5.74, 6) is 0.173. The number of nitrogens with zero attached hydrogens (tertiary/aromatic N) is 4. The lowest BCUT2D eigenvalue weighted by Gasteiger charge is -1.97. The number of nitriles is 1. The SMILES string of the molecule is Cc1ccc(C#N)c2nc(-c3ccc(F)cc3)nn12. The molecule has 92 valence electrons. The zero-order valence-electron chi connectivity index (χ0n) is 10.1. The first-order chi connectivity index (χ1) is 9.19. The Kier molecular flexibility index (Phi) is 2.50. The maximum Gasteiger partial charge on any atom is 0.182 e. The summed E-state index contributed by atoms with van der Waals surface area (Å²) in [7, 11) is 0. The Hall–Kier alpha value is -2.74. The molecule has 0 aliphatic rings. The van der Waals surface area contributed by atoms with Crippen LogP contribution in [-0.2, 0) is 0 Å². The van der Waals surface area contributed by atoms with E-state index in [9.17, 15) is 4.39 Å². The summed E-state index contributed by atoms with van der Waals surface area (Å²) >= 11 is 0. The topological polar surface area (TPSA) is 54.0 Å². The summed E-state index contributed by atoms with van der Waals surface area (Å²) in [4.78, 5) is 4.35. The first kappa shape index (κ1) is 11.4. The van der Waals surface area contributed by atoms with Gasteiger partial charge in [0, 0.05) is 11.3 Å². The van der Waals surface area contributed by atoms with Crippen LogP contribution in [0.4, 0.5) is 4.39 Å². The van der Waals surface area contributed by atoms with Crippen molar-refractivity contribution < 1.29 is 4.39 Å². The Bertz CT molecular complexity index is 797. The molecule has 0 radical (unpaired) electrons. The van der Waals surface area contributed by atoms with E-state index in [1.54, 1.807) is 22.7 Å². The highest BCUT2D eigenvalue weighted by Crippen LogP contribution is 2.19. The van der Waals surface area contributed by atoms with E-state index in [-0.39, 0.29) is 5.82 Å². The first-order valence-corrected chi connectivity index (χ1v) is 5.71. The normalized spacial score (nSPS) is 10.6. The van der Waals surface area contributed by atoms with Crippen molar-refractivity contribution in [3.05, 3.63) is 53.5 Å². The number of hydrogen-bond donors (Lipinski definition) is 0. The van der Waals surface area contributed by atoms with Crippen molar-refractivity contribution in [3.8, 4) is 17.5 Å². The lowest BCUT2D eigenvalue weighted by atomic mass is 10.2. The summed E-state index contributed by atoms with van der Waals surface area (Å²) in [6.07, 6.45) is 0. The van der Waals surface area contributed by atoms with Gasteiger partial charge in [0.15, 0.2) is 11.5 Å². The Morgan fingerprint density at radius 3 is 2.58 bits per heavy atom. The summed E-state index contributed by atoms with van der Waals surface area (Å²) in [6.45, 7) is 1.89. The van der Waals surface area contributed by atoms with Crippen LogP contribution in [0, 0.1) is 24.1 Å². The molecule has 4 nitrogen and oxygen atoms in total. The molecule has 0 saturated heterocycles. The minimum atomic E-state index is -0.304. The highest BCUT2D eigenvalue weighted by atomic mass is 19.1. The van der Waals surface area contributed by atoms with Crippen LogP contribution in [0.2, 0.25) is 0 Å². The number of hydrogen-bond acceptors (Lipinski definition) is 3. The van der Waals surface area contributed by atoms with E-state index < -0.39 is 0 Å². The van der Waals surface area contributed by atoms with Gasteiger partial charge in [-0.3, -0.25) is 0 Å². The maximum atomic E-state index is 12.9. The third kappa shape index (κ3) is 1.83. The predicted octanol–water partition coefficient (Wildman–Crippen LogP) is 2.72. The molecule has 0 aliphatic carbocycles. The molecule has 0 aliphatic heterocycles. The maximum absolute atomic E-state index is 12.9. The van der Waals surface area contributed by atoms with Gasteiger partial charge < -0.3 is 0 Å². The van der Waals surface area contributed by atoms with Crippen LogP contribution in [0.15, 0.2) is 36.4 Å². The molecule has 0 N–H and O–H groups in total. The Morgan fingerprint density at radius 1 is 1.16 bits per heavy atom. The van der Waals surface area contributed by atoms with E-state index >= 15 is 0 Å². The number of halogens is 1. The number of aryl methyl sites for hydroxylation is 1. The van der Waals surface area contributed by atoms with Crippen LogP contribution in [0.1, 0.15) is 11.3 Å². The summed E-state index contributed by atoms with van der Waals surface area (Å²) in [6, 6.07) is 11.6. The van der Waals surface area contributed by atoms with Gasteiger partial charge in [0.2, 0.25) is 0 Å². The van der Waals surface area contributed by atoms with Crippen molar-refractivity contribution in [2.45, 2.75) is 6.92 Å². The van der Waals surface area contributed by atoms with Crippen molar-refractivity contribution in [1.29, 1.82) is 5.26 Å². The summed E-state index contributed by atoms with van der Waals surface area (Å²) < 4.78 is 14.5. The molecule has 0 saturated carbocycles. The van der Waals surface area contributed by atoms with Crippen LogP contribution in [-0.4, -0.2) is 14.6 Å². The number of pyridine rings is 1. The van der Waals surface area contributed by atoms with Crippen LogP contribution < -0.4 is 0 Å². The van der Waals surface area contributed by atoms with Crippen molar-refractivity contribution in [3.63, 3.8) is 0 Å². The van der Waals surface area contributed by atoms with Crippen molar-refractivity contribution in [2.75, 3.05) is 0 Å². The molecule has 3 rings (SSSR count). The van der Waals surface area contributed by atoms with Gasteiger partial charge in [-0.15, -0.1) is 5.10 Å². The minimum absolute atomic E-state index is 0.304. The third-order valence-electron chi connectivity index (χ3n) is 2.90. The Morgan fingerprint density at radius 2 is 1.89 bits per heavy atom. The van der Waals surface area contributed by atoms with E-state index in [0.717, 1.165) is 5.69 Å². The molecule has 0 fully saturated rings. The average molecular weight is 252 g/mol. The molecule has 2 aromatic heterocycles. The largest absolute Gasteiger partial charge is 0.216 e. The highest BCUT2D eigenvalue weighted by Gasteiger charge is 2.11.